The molecular formula is C15H17N3O3. The molecule has 0 unspecified atom stereocenters. The molecule has 0 saturated heterocycles. The van der Waals surface area contributed by atoms with Gasteiger partial charge in [-0.1, -0.05) is 0 Å². The first-order valence-corrected chi connectivity index (χ1v) is 6.31. The molecule has 0 radical (unpaired) electrons. The SMILES string of the molecule is COc1cc(/C(C)=C\Nc2ncccn2)cc(OC)c1O. The zero-order valence-electron chi connectivity index (χ0n) is 12.1. The lowest BCUT2D eigenvalue weighted by Crippen LogP contribution is -1.96. The normalized spacial score (nSPS) is 11.1. The molecule has 2 N–H and O–H groups in total. The van der Waals surface area contributed by atoms with Gasteiger partial charge in [0.1, 0.15) is 0 Å². The van der Waals surface area contributed by atoms with Crippen LogP contribution in [0.3, 0.4) is 0 Å². The second-order valence-electron chi connectivity index (χ2n) is 4.27. The first-order chi connectivity index (χ1) is 10.2. The fourth-order valence-corrected chi connectivity index (χ4v) is 1.75. The summed E-state index contributed by atoms with van der Waals surface area (Å²) in [5, 5.41) is 12.9. The number of ether oxygens (including phenoxy) is 2. The number of phenols is 1. The second-order valence-corrected chi connectivity index (χ2v) is 4.27. The highest BCUT2D eigenvalue weighted by atomic mass is 16.5. The maximum atomic E-state index is 9.90. The summed E-state index contributed by atoms with van der Waals surface area (Å²) in [6.07, 6.45) is 5.09. The molecule has 0 aliphatic rings. The van der Waals surface area contributed by atoms with Gasteiger partial charge in [0.2, 0.25) is 11.7 Å². The van der Waals surface area contributed by atoms with Crippen molar-refractivity contribution >= 4 is 11.5 Å². The van der Waals surface area contributed by atoms with Crippen molar-refractivity contribution in [3.63, 3.8) is 0 Å². The highest BCUT2D eigenvalue weighted by Gasteiger charge is 2.11. The molecule has 1 aromatic carbocycles. The number of methoxy groups -OCH3 is 2. The number of benzene rings is 1. The van der Waals surface area contributed by atoms with E-state index in [2.05, 4.69) is 15.3 Å². The number of nitrogens with zero attached hydrogens (tertiary/aromatic N) is 2. The molecule has 0 atom stereocenters. The number of aromatic nitrogens is 2. The fraction of sp³-hybridized carbons (Fsp3) is 0.200. The predicted octanol–water partition coefficient (Wildman–Crippen LogP) is 2.67. The van der Waals surface area contributed by atoms with Crippen molar-refractivity contribution in [2.75, 3.05) is 19.5 Å². The Morgan fingerprint density at radius 3 is 2.24 bits per heavy atom. The minimum absolute atomic E-state index is 0.0177. The van der Waals surface area contributed by atoms with E-state index >= 15 is 0 Å². The minimum Gasteiger partial charge on any atom is -0.502 e. The van der Waals surface area contributed by atoms with E-state index in [-0.39, 0.29) is 5.75 Å². The number of hydrogen-bond acceptors (Lipinski definition) is 6. The summed E-state index contributed by atoms with van der Waals surface area (Å²) in [6.45, 7) is 1.92. The summed E-state index contributed by atoms with van der Waals surface area (Å²) in [7, 11) is 2.99. The van der Waals surface area contributed by atoms with Crippen LogP contribution in [0.5, 0.6) is 17.2 Å². The van der Waals surface area contributed by atoms with Gasteiger partial charge in [-0.3, -0.25) is 0 Å². The summed E-state index contributed by atoms with van der Waals surface area (Å²) in [6, 6.07) is 5.21. The highest BCUT2D eigenvalue weighted by molar-refractivity contribution is 5.70. The van der Waals surface area contributed by atoms with Crippen LogP contribution in [-0.2, 0) is 0 Å². The van der Waals surface area contributed by atoms with Crippen LogP contribution >= 0.6 is 0 Å². The summed E-state index contributed by atoms with van der Waals surface area (Å²) in [4.78, 5) is 8.14. The molecule has 0 fully saturated rings. The Bertz CT molecular complexity index is 617. The summed E-state index contributed by atoms with van der Waals surface area (Å²) in [5.41, 5.74) is 1.77. The van der Waals surface area contributed by atoms with E-state index in [1.807, 2.05) is 6.92 Å². The summed E-state index contributed by atoms with van der Waals surface area (Å²) in [5.74, 6) is 1.20. The van der Waals surface area contributed by atoms with Crippen molar-refractivity contribution in [2.24, 2.45) is 0 Å². The number of allylic oxidation sites excluding steroid dienone is 1. The number of rotatable bonds is 5. The van der Waals surface area contributed by atoms with Gasteiger partial charge in [-0.25, -0.2) is 9.97 Å². The quantitative estimate of drug-likeness (QED) is 0.880. The summed E-state index contributed by atoms with van der Waals surface area (Å²) >= 11 is 0. The molecule has 21 heavy (non-hydrogen) atoms. The Hall–Kier alpha value is -2.76. The third kappa shape index (κ3) is 3.42. The Morgan fingerprint density at radius 2 is 1.71 bits per heavy atom. The lowest BCUT2D eigenvalue weighted by molar-refractivity contribution is 0.339. The molecule has 0 saturated carbocycles. The molecule has 1 aromatic heterocycles. The van der Waals surface area contributed by atoms with Gasteiger partial charge in [-0.15, -0.1) is 0 Å². The van der Waals surface area contributed by atoms with Crippen LogP contribution in [0.25, 0.3) is 5.57 Å². The average molecular weight is 287 g/mol. The van der Waals surface area contributed by atoms with Crippen molar-refractivity contribution < 1.29 is 14.6 Å². The van der Waals surface area contributed by atoms with Crippen LogP contribution < -0.4 is 14.8 Å². The zero-order chi connectivity index (χ0) is 15.2. The van der Waals surface area contributed by atoms with Crippen LogP contribution in [-0.4, -0.2) is 29.3 Å². The van der Waals surface area contributed by atoms with Gasteiger partial charge < -0.3 is 19.9 Å². The fourth-order valence-electron chi connectivity index (χ4n) is 1.75. The predicted molar refractivity (Wildman–Crippen MR) is 80.5 cm³/mol. The van der Waals surface area contributed by atoms with Crippen LogP contribution in [0.4, 0.5) is 5.95 Å². The monoisotopic (exact) mass is 287 g/mol. The number of anilines is 1. The lowest BCUT2D eigenvalue weighted by atomic mass is 10.1. The first kappa shape index (κ1) is 14.6. The zero-order valence-corrected chi connectivity index (χ0v) is 12.1. The van der Waals surface area contributed by atoms with Gasteiger partial charge in [0.15, 0.2) is 11.5 Å². The third-order valence-electron chi connectivity index (χ3n) is 2.92. The van der Waals surface area contributed by atoms with Crippen molar-refractivity contribution in [1.29, 1.82) is 0 Å². The minimum atomic E-state index is -0.0177. The number of aromatic hydroxyl groups is 1. The van der Waals surface area contributed by atoms with Crippen LogP contribution in [0.2, 0.25) is 0 Å². The van der Waals surface area contributed by atoms with E-state index in [0.29, 0.717) is 17.4 Å². The molecule has 0 bridgehead atoms. The van der Waals surface area contributed by atoms with Crippen LogP contribution in [0, 0.1) is 0 Å². The maximum Gasteiger partial charge on any atom is 0.226 e. The topological polar surface area (TPSA) is 76.5 Å². The molecule has 0 aliphatic carbocycles. The molecule has 6 nitrogen and oxygen atoms in total. The van der Waals surface area contributed by atoms with Crippen molar-refractivity contribution in [3.05, 3.63) is 42.4 Å². The van der Waals surface area contributed by atoms with Gasteiger partial charge in [-0.2, -0.15) is 0 Å². The van der Waals surface area contributed by atoms with E-state index in [0.717, 1.165) is 11.1 Å². The van der Waals surface area contributed by atoms with Gasteiger partial charge in [0.05, 0.1) is 14.2 Å². The first-order valence-electron chi connectivity index (χ1n) is 6.31. The standard InChI is InChI=1S/C15H17N3O3/c1-10(9-18-15-16-5-4-6-17-15)11-7-12(20-2)14(19)13(8-11)21-3/h4-9,19H,1-3H3,(H,16,17,18)/b10-9-. The lowest BCUT2D eigenvalue weighted by Gasteiger charge is -2.11. The smallest absolute Gasteiger partial charge is 0.226 e. The molecule has 2 aromatic rings. The molecule has 0 aliphatic heterocycles. The average Bonchev–Trinajstić information content (AvgIpc) is 2.53. The van der Waals surface area contributed by atoms with Crippen molar-refractivity contribution in [3.8, 4) is 17.2 Å². The Balaban J connectivity index is 2.28. The van der Waals surface area contributed by atoms with E-state index < -0.39 is 0 Å². The maximum absolute atomic E-state index is 9.90. The van der Waals surface area contributed by atoms with Gasteiger partial charge >= 0.3 is 0 Å². The Kier molecular flexibility index (Phi) is 4.61. The molecule has 1 heterocycles. The molecular weight excluding hydrogens is 270 g/mol. The van der Waals surface area contributed by atoms with Gasteiger partial charge in [-0.05, 0) is 36.3 Å². The van der Waals surface area contributed by atoms with E-state index in [1.165, 1.54) is 14.2 Å². The van der Waals surface area contributed by atoms with Gasteiger partial charge in [0, 0.05) is 18.6 Å². The van der Waals surface area contributed by atoms with Gasteiger partial charge in [0.25, 0.3) is 0 Å². The number of hydrogen-bond donors (Lipinski definition) is 2. The molecule has 110 valence electrons. The van der Waals surface area contributed by atoms with E-state index in [9.17, 15) is 5.11 Å². The second kappa shape index (κ2) is 6.60. The largest absolute Gasteiger partial charge is 0.502 e. The van der Waals surface area contributed by atoms with Crippen molar-refractivity contribution in [1.82, 2.24) is 9.97 Å². The molecule has 6 heteroatoms. The van der Waals surface area contributed by atoms with Crippen LogP contribution in [0.1, 0.15) is 12.5 Å². The number of nitrogens with one attached hydrogen (secondary N) is 1. The number of phenolic OH excluding ortho intramolecular Hbond substituents is 1. The molecule has 0 spiro atoms. The van der Waals surface area contributed by atoms with Crippen molar-refractivity contribution in [2.45, 2.75) is 6.92 Å². The molecule has 2 rings (SSSR count). The third-order valence-corrected chi connectivity index (χ3v) is 2.92. The molecule has 0 amide bonds. The van der Waals surface area contributed by atoms with E-state index in [4.69, 9.17) is 9.47 Å². The Morgan fingerprint density at radius 1 is 1.14 bits per heavy atom. The van der Waals surface area contributed by atoms with E-state index in [1.54, 1.807) is 36.8 Å². The highest BCUT2D eigenvalue weighted by Crippen LogP contribution is 2.38. The Labute approximate surface area is 123 Å². The van der Waals surface area contributed by atoms with Crippen LogP contribution in [0.15, 0.2) is 36.8 Å². The summed E-state index contributed by atoms with van der Waals surface area (Å²) < 4.78 is 10.3.